The first-order valence-corrected chi connectivity index (χ1v) is 9.91. The van der Waals surface area contributed by atoms with Gasteiger partial charge in [0.25, 0.3) is 11.8 Å². The standard InChI is InChI=1S/C24H21N5O3/c1-32-19-12-10-18(11-13-19)22-20(16-29(28-22)15-17-7-3-2-4-8-17)23(30)26-27-24(31)21-9-5-6-14-25-21/h2-14,16H,15H2,1H3,(H,26,30)(H,27,31). The van der Waals surface area contributed by atoms with Crippen LogP contribution in [0.25, 0.3) is 11.3 Å². The zero-order chi connectivity index (χ0) is 22.3. The number of amides is 2. The van der Waals surface area contributed by atoms with Crippen molar-refractivity contribution in [3.63, 3.8) is 0 Å². The van der Waals surface area contributed by atoms with E-state index in [2.05, 4.69) is 20.9 Å². The van der Waals surface area contributed by atoms with Gasteiger partial charge in [-0.25, -0.2) is 0 Å². The maximum atomic E-state index is 12.9. The molecule has 160 valence electrons. The van der Waals surface area contributed by atoms with Gasteiger partial charge in [0.05, 0.1) is 19.2 Å². The van der Waals surface area contributed by atoms with Crippen LogP contribution in [0, 0.1) is 0 Å². The summed E-state index contributed by atoms with van der Waals surface area (Å²) in [6, 6.07) is 22.0. The number of hydrazine groups is 1. The number of nitrogens with one attached hydrogen (secondary N) is 2. The van der Waals surface area contributed by atoms with Gasteiger partial charge in [-0.3, -0.25) is 30.1 Å². The Morgan fingerprint density at radius 1 is 0.906 bits per heavy atom. The van der Waals surface area contributed by atoms with Crippen molar-refractivity contribution >= 4 is 11.8 Å². The van der Waals surface area contributed by atoms with Crippen molar-refractivity contribution in [2.24, 2.45) is 0 Å². The monoisotopic (exact) mass is 427 g/mol. The van der Waals surface area contributed by atoms with E-state index in [0.29, 0.717) is 23.6 Å². The number of carbonyl (C=O) groups is 2. The molecule has 2 heterocycles. The Bertz CT molecular complexity index is 1210. The van der Waals surface area contributed by atoms with Crippen molar-refractivity contribution in [1.82, 2.24) is 25.6 Å². The van der Waals surface area contributed by atoms with Crippen LogP contribution in [0.15, 0.2) is 85.2 Å². The third-order valence-electron chi connectivity index (χ3n) is 4.74. The number of carbonyl (C=O) groups excluding carboxylic acids is 2. The minimum atomic E-state index is -0.512. The summed E-state index contributed by atoms with van der Waals surface area (Å²) in [5.74, 6) is -0.299. The molecule has 2 N–H and O–H groups in total. The highest BCUT2D eigenvalue weighted by Crippen LogP contribution is 2.25. The quantitative estimate of drug-likeness (QED) is 0.461. The molecule has 32 heavy (non-hydrogen) atoms. The van der Waals surface area contributed by atoms with Crippen LogP contribution in [0.3, 0.4) is 0 Å². The lowest BCUT2D eigenvalue weighted by atomic mass is 10.1. The SMILES string of the molecule is COc1ccc(-c2nn(Cc3ccccc3)cc2C(=O)NNC(=O)c2ccccn2)cc1. The molecule has 2 amide bonds. The predicted molar refractivity (Wildman–Crippen MR) is 119 cm³/mol. The molecule has 4 rings (SSSR count). The summed E-state index contributed by atoms with van der Waals surface area (Å²) in [6.45, 7) is 0.498. The minimum absolute atomic E-state index is 0.197. The van der Waals surface area contributed by atoms with E-state index in [1.54, 1.807) is 48.3 Å². The molecule has 8 heteroatoms. The molecule has 0 saturated heterocycles. The molecule has 0 radical (unpaired) electrons. The maximum Gasteiger partial charge on any atom is 0.288 e. The molecular formula is C24H21N5O3. The van der Waals surface area contributed by atoms with E-state index in [0.717, 1.165) is 11.1 Å². The molecule has 4 aromatic rings. The molecule has 0 bridgehead atoms. The van der Waals surface area contributed by atoms with E-state index in [-0.39, 0.29) is 5.69 Å². The Hall–Kier alpha value is -4.46. The number of hydrogen-bond acceptors (Lipinski definition) is 5. The molecule has 2 aromatic heterocycles. The molecule has 0 aliphatic heterocycles. The van der Waals surface area contributed by atoms with Gasteiger partial charge in [0.15, 0.2) is 0 Å². The number of pyridine rings is 1. The van der Waals surface area contributed by atoms with E-state index < -0.39 is 11.8 Å². The van der Waals surface area contributed by atoms with Crippen molar-refractivity contribution in [2.45, 2.75) is 6.54 Å². The Labute approximate surface area is 184 Å². The van der Waals surface area contributed by atoms with Gasteiger partial charge in [-0.15, -0.1) is 0 Å². The maximum absolute atomic E-state index is 12.9. The molecule has 8 nitrogen and oxygen atoms in total. The lowest BCUT2D eigenvalue weighted by Crippen LogP contribution is -2.42. The van der Waals surface area contributed by atoms with E-state index in [4.69, 9.17) is 4.74 Å². The summed E-state index contributed by atoms with van der Waals surface area (Å²) in [5.41, 5.74) is 7.66. The number of ether oxygens (including phenoxy) is 1. The molecule has 0 spiro atoms. The van der Waals surface area contributed by atoms with Crippen LogP contribution in [0.5, 0.6) is 5.75 Å². The topological polar surface area (TPSA) is 98.1 Å². The van der Waals surface area contributed by atoms with Crippen molar-refractivity contribution in [1.29, 1.82) is 0 Å². The van der Waals surface area contributed by atoms with Crippen molar-refractivity contribution < 1.29 is 14.3 Å². The minimum Gasteiger partial charge on any atom is -0.497 e. The van der Waals surface area contributed by atoms with E-state index in [9.17, 15) is 9.59 Å². The predicted octanol–water partition coefficient (Wildman–Crippen LogP) is 3.08. The highest BCUT2D eigenvalue weighted by Gasteiger charge is 2.19. The van der Waals surface area contributed by atoms with Crippen LogP contribution in [0.2, 0.25) is 0 Å². The summed E-state index contributed by atoms with van der Waals surface area (Å²) in [5, 5.41) is 4.63. The number of benzene rings is 2. The lowest BCUT2D eigenvalue weighted by molar-refractivity contribution is 0.0844. The molecule has 2 aromatic carbocycles. The zero-order valence-electron chi connectivity index (χ0n) is 17.4. The van der Waals surface area contributed by atoms with Crippen LogP contribution in [-0.4, -0.2) is 33.7 Å². The average Bonchev–Trinajstić information content (AvgIpc) is 3.27. The highest BCUT2D eigenvalue weighted by molar-refractivity contribution is 6.01. The second kappa shape index (κ2) is 9.57. The van der Waals surface area contributed by atoms with E-state index in [1.165, 1.54) is 6.20 Å². The van der Waals surface area contributed by atoms with Crippen molar-refractivity contribution in [3.05, 3.63) is 102 Å². The summed E-state index contributed by atoms with van der Waals surface area (Å²) >= 11 is 0. The lowest BCUT2D eigenvalue weighted by Gasteiger charge is -2.07. The Kier molecular flexibility index (Phi) is 6.22. The first kappa shape index (κ1) is 20.8. The van der Waals surface area contributed by atoms with Gasteiger partial charge < -0.3 is 4.74 Å². The molecule has 0 saturated carbocycles. The summed E-state index contributed by atoms with van der Waals surface area (Å²) < 4.78 is 6.91. The molecular weight excluding hydrogens is 406 g/mol. The zero-order valence-corrected chi connectivity index (χ0v) is 17.4. The van der Waals surface area contributed by atoms with Crippen molar-refractivity contribution in [2.75, 3.05) is 7.11 Å². The summed E-state index contributed by atoms with van der Waals surface area (Å²) in [6.07, 6.45) is 3.17. The largest absolute Gasteiger partial charge is 0.497 e. The summed E-state index contributed by atoms with van der Waals surface area (Å²) in [4.78, 5) is 29.1. The van der Waals surface area contributed by atoms with E-state index in [1.807, 2.05) is 42.5 Å². The smallest absolute Gasteiger partial charge is 0.288 e. The first-order valence-electron chi connectivity index (χ1n) is 9.91. The van der Waals surface area contributed by atoms with Gasteiger partial charge in [0.1, 0.15) is 17.1 Å². The van der Waals surface area contributed by atoms with Gasteiger partial charge in [0, 0.05) is 18.0 Å². The van der Waals surface area contributed by atoms with Crippen LogP contribution in [-0.2, 0) is 6.54 Å². The fraction of sp³-hybridized carbons (Fsp3) is 0.0833. The highest BCUT2D eigenvalue weighted by atomic mass is 16.5. The Morgan fingerprint density at radius 2 is 1.62 bits per heavy atom. The van der Waals surface area contributed by atoms with E-state index >= 15 is 0 Å². The average molecular weight is 427 g/mol. The molecule has 0 aliphatic rings. The molecule has 0 atom stereocenters. The van der Waals surface area contributed by atoms with Gasteiger partial charge in [-0.2, -0.15) is 5.10 Å². The fourth-order valence-corrected chi connectivity index (χ4v) is 3.14. The number of hydrogen-bond donors (Lipinski definition) is 2. The van der Waals surface area contributed by atoms with Gasteiger partial charge in [-0.1, -0.05) is 36.4 Å². The van der Waals surface area contributed by atoms with Gasteiger partial charge in [0.2, 0.25) is 0 Å². The number of nitrogens with zero attached hydrogens (tertiary/aromatic N) is 3. The Balaban J connectivity index is 1.59. The number of rotatable bonds is 6. The van der Waals surface area contributed by atoms with Crippen LogP contribution < -0.4 is 15.6 Å². The van der Waals surface area contributed by atoms with Crippen molar-refractivity contribution in [3.8, 4) is 17.0 Å². The fourth-order valence-electron chi connectivity index (χ4n) is 3.14. The van der Waals surface area contributed by atoms with Gasteiger partial charge >= 0.3 is 0 Å². The van der Waals surface area contributed by atoms with Crippen LogP contribution >= 0.6 is 0 Å². The normalized spacial score (nSPS) is 10.4. The van der Waals surface area contributed by atoms with Crippen LogP contribution in [0.1, 0.15) is 26.4 Å². The number of aromatic nitrogens is 3. The Morgan fingerprint density at radius 3 is 2.31 bits per heavy atom. The third-order valence-corrected chi connectivity index (χ3v) is 4.74. The third kappa shape index (κ3) is 4.81. The number of methoxy groups -OCH3 is 1. The van der Waals surface area contributed by atoms with Gasteiger partial charge in [-0.05, 0) is 42.0 Å². The summed E-state index contributed by atoms with van der Waals surface area (Å²) in [7, 11) is 1.59. The first-order chi connectivity index (χ1) is 15.6. The molecule has 0 fully saturated rings. The van der Waals surface area contributed by atoms with Crippen LogP contribution in [0.4, 0.5) is 0 Å². The molecule has 0 aliphatic carbocycles. The molecule has 0 unspecified atom stereocenters. The second-order valence-corrected chi connectivity index (χ2v) is 6.93. The second-order valence-electron chi connectivity index (χ2n) is 6.93.